The second kappa shape index (κ2) is 6.75. The first-order valence-electron chi connectivity index (χ1n) is 7.18. The second-order valence-electron chi connectivity index (χ2n) is 5.00. The maximum Gasteiger partial charge on any atom is 0.335 e. The van der Waals surface area contributed by atoms with E-state index in [1.165, 1.54) is 18.2 Å². The molecule has 3 rings (SSSR count). The lowest BCUT2D eigenvalue weighted by Gasteiger charge is -2.08. The molecule has 0 saturated heterocycles. The van der Waals surface area contributed by atoms with Crippen LogP contribution in [0.1, 0.15) is 10.4 Å². The Morgan fingerprint density at radius 3 is 1.71 bits per heavy atom. The summed E-state index contributed by atoms with van der Waals surface area (Å²) < 4.78 is 11.3. The van der Waals surface area contributed by atoms with Gasteiger partial charge in [0.25, 0.3) is 0 Å². The van der Waals surface area contributed by atoms with Crippen LogP contribution in [0.5, 0.6) is 28.7 Å². The standard InChI is InChI=1S/C19H14O5/c20-14-2-1-3-18(12-14)24-17-10-8-16(9-11-17)23-15-6-4-13(5-7-15)19(21)22/h1-12,20H,(H,21,22). The van der Waals surface area contributed by atoms with Gasteiger partial charge < -0.3 is 19.7 Å². The molecule has 0 aliphatic heterocycles. The molecule has 120 valence electrons. The zero-order valence-electron chi connectivity index (χ0n) is 12.5. The van der Waals surface area contributed by atoms with Crippen LogP contribution in [0.3, 0.4) is 0 Å². The van der Waals surface area contributed by atoms with Gasteiger partial charge >= 0.3 is 5.97 Å². The van der Waals surface area contributed by atoms with E-state index in [0.29, 0.717) is 23.0 Å². The number of aromatic hydroxyl groups is 1. The van der Waals surface area contributed by atoms with Gasteiger partial charge in [-0.25, -0.2) is 4.79 Å². The summed E-state index contributed by atoms with van der Waals surface area (Å²) in [5.41, 5.74) is 0.206. The number of ether oxygens (including phenoxy) is 2. The Kier molecular flexibility index (Phi) is 4.34. The Bertz CT molecular complexity index is 838. The first-order chi connectivity index (χ1) is 11.6. The molecule has 0 unspecified atom stereocenters. The number of hydrogen-bond acceptors (Lipinski definition) is 4. The highest BCUT2D eigenvalue weighted by Gasteiger charge is 2.04. The molecule has 0 saturated carbocycles. The highest BCUT2D eigenvalue weighted by atomic mass is 16.5. The van der Waals surface area contributed by atoms with Crippen LogP contribution in [0.2, 0.25) is 0 Å². The van der Waals surface area contributed by atoms with Crippen molar-refractivity contribution in [2.45, 2.75) is 0 Å². The predicted molar refractivity (Wildman–Crippen MR) is 88.1 cm³/mol. The molecule has 3 aromatic rings. The van der Waals surface area contributed by atoms with Gasteiger partial charge in [0.15, 0.2) is 0 Å². The highest BCUT2D eigenvalue weighted by molar-refractivity contribution is 5.87. The zero-order chi connectivity index (χ0) is 16.9. The molecule has 3 aromatic carbocycles. The van der Waals surface area contributed by atoms with Crippen LogP contribution in [0.25, 0.3) is 0 Å². The van der Waals surface area contributed by atoms with E-state index < -0.39 is 5.97 Å². The molecule has 0 heterocycles. The van der Waals surface area contributed by atoms with Gasteiger partial charge in [0, 0.05) is 6.07 Å². The van der Waals surface area contributed by atoms with Crippen molar-refractivity contribution in [3.63, 3.8) is 0 Å². The number of phenols is 1. The number of aromatic carboxylic acids is 1. The van der Waals surface area contributed by atoms with E-state index in [-0.39, 0.29) is 11.3 Å². The van der Waals surface area contributed by atoms with Gasteiger partial charge in [-0.05, 0) is 60.7 Å². The second-order valence-corrected chi connectivity index (χ2v) is 5.00. The van der Waals surface area contributed by atoms with Gasteiger partial charge in [-0.15, -0.1) is 0 Å². The van der Waals surface area contributed by atoms with Crippen molar-refractivity contribution in [2.75, 3.05) is 0 Å². The fraction of sp³-hybridized carbons (Fsp3) is 0. The van der Waals surface area contributed by atoms with Gasteiger partial charge in [-0.1, -0.05) is 6.07 Å². The van der Waals surface area contributed by atoms with Crippen molar-refractivity contribution in [3.05, 3.63) is 78.4 Å². The third kappa shape index (κ3) is 3.84. The molecular weight excluding hydrogens is 308 g/mol. The zero-order valence-corrected chi connectivity index (χ0v) is 12.5. The van der Waals surface area contributed by atoms with E-state index in [1.807, 2.05) is 0 Å². The van der Waals surface area contributed by atoms with E-state index in [0.717, 1.165) is 0 Å². The molecule has 2 N–H and O–H groups in total. The summed E-state index contributed by atoms with van der Waals surface area (Å²) in [5.74, 6) is 1.44. The molecule has 0 radical (unpaired) electrons. The number of carboxylic acids is 1. The number of benzene rings is 3. The first kappa shape index (κ1) is 15.4. The Balaban J connectivity index is 1.67. The van der Waals surface area contributed by atoms with Crippen molar-refractivity contribution in [3.8, 4) is 28.7 Å². The quantitative estimate of drug-likeness (QED) is 0.713. The minimum atomic E-state index is -0.977. The van der Waals surface area contributed by atoms with Gasteiger partial charge in [0.05, 0.1) is 5.56 Å². The summed E-state index contributed by atoms with van der Waals surface area (Å²) in [4.78, 5) is 10.8. The van der Waals surface area contributed by atoms with Crippen LogP contribution >= 0.6 is 0 Å². The predicted octanol–water partition coefficient (Wildman–Crippen LogP) is 4.68. The first-order valence-corrected chi connectivity index (χ1v) is 7.18. The summed E-state index contributed by atoms with van der Waals surface area (Å²) >= 11 is 0. The minimum absolute atomic E-state index is 0.136. The maximum atomic E-state index is 10.8. The number of carboxylic acid groups (broad SMARTS) is 1. The Morgan fingerprint density at radius 2 is 1.21 bits per heavy atom. The smallest absolute Gasteiger partial charge is 0.335 e. The molecular formula is C19H14O5. The molecule has 0 aliphatic rings. The monoisotopic (exact) mass is 322 g/mol. The highest BCUT2D eigenvalue weighted by Crippen LogP contribution is 2.28. The van der Waals surface area contributed by atoms with Crippen molar-refractivity contribution < 1.29 is 24.5 Å². The van der Waals surface area contributed by atoms with Crippen LogP contribution < -0.4 is 9.47 Å². The summed E-state index contributed by atoms with van der Waals surface area (Å²) in [6.45, 7) is 0. The van der Waals surface area contributed by atoms with E-state index in [2.05, 4.69) is 0 Å². The summed E-state index contributed by atoms with van der Waals surface area (Å²) in [5, 5.41) is 18.3. The lowest BCUT2D eigenvalue weighted by molar-refractivity contribution is 0.0697. The molecule has 24 heavy (non-hydrogen) atoms. The molecule has 0 aliphatic carbocycles. The fourth-order valence-electron chi connectivity index (χ4n) is 2.06. The normalized spacial score (nSPS) is 10.2. The van der Waals surface area contributed by atoms with Crippen LogP contribution in [-0.4, -0.2) is 16.2 Å². The molecule has 0 aromatic heterocycles. The van der Waals surface area contributed by atoms with E-state index in [9.17, 15) is 9.90 Å². The molecule has 5 nitrogen and oxygen atoms in total. The van der Waals surface area contributed by atoms with E-state index in [4.69, 9.17) is 14.6 Å². The van der Waals surface area contributed by atoms with E-state index >= 15 is 0 Å². The Morgan fingerprint density at radius 1 is 0.708 bits per heavy atom. The van der Waals surface area contributed by atoms with Crippen molar-refractivity contribution in [1.29, 1.82) is 0 Å². The summed E-state index contributed by atoms with van der Waals surface area (Å²) in [7, 11) is 0. The maximum absolute atomic E-state index is 10.8. The van der Waals surface area contributed by atoms with Gasteiger partial charge in [-0.2, -0.15) is 0 Å². The van der Waals surface area contributed by atoms with Crippen LogP contribution in [0, 0.1) is 0 Å². The molecule has 5 heteroatoms. The van der Waals surface area contributed by atoms with Crippen LogP contribution in [0.4, 0.5) is 0 Å². The van der Waals surface area contributed by atoms with E-state index in [1.54, 1.807) is 54.6 Å². The molecule has 0 amide bonds. The molecule has 0 bridgehead atoms. The number of phenolic OH excluding ortho intramolecular Hbond substituents is 1. The minimum Gasteiger partial charge on any atom is -0.508 e. The van der Waals surface area contributed by atoms with Crippen LogP contribution in [0.15, 0.2) is 72.8 Å². The van der Waals surface area contributed by atoms with Gasteiger partial charge in [0.1, 0.15) is 28.7 Å². The fourth-order valence-corrected chi connectivity index (χ4v) is 2.06. The third-order valence-electron chi connectivity index (χ3n) is 3.21. The average Bonchev–Trinajstić information content (AvgIpc) is 2.57. The number of rotatable bonds is 5. The SMILES string of the molecule is O=C(O)c1ccc(Oc2ccc(Oc3cccc(O)c3)cc2)cc1. The number of carbonyl (C=O) groups is 1. The molecule has 0 spiro atoms. The summed E-state index contributed by atoms with van der Waals surface area (Å²) in [6, 6.07) is 19.7. The number of hydrogen-bond donors (Lipinski definition) is 2. The Labute approximate surface area is 138 Å². The topological polar surface area (TPSA) is 76.0 Å². The van der Waals surface area contributed by atoms with Gasteiger partial charge in [0.2, 0.25) is 0 Å². The lowest BCUT2D eigenvalue weighted by atomic mass is 10.2. The molecule has 0 atom stereocenters. The average molecular weight is 322 g/mol. The lowest BCUT2D eigenvalue weighted by Crippen LogP contribution is -1.95. The largest absolute Gasteiger partial charge is 0.508 e. The third-order valence-corrected chi connectivity index (χ3v) is 3.21. The van der Waals surface area contributed by atoms with Crippen LogP contribution in [-0.2, 0) is 0 Å². The summed E-state index contributed by atoms with van der Waals surface area (Å²) in [6.07, 6.45) is 0. The molecule has 0 fully saturated rings. The Hall–Kier alpha value is -3.47. The van der Waals surface area contributed by atoms with Crippen molar-refractivity contribution in [1.82, 2.24) is 0 Å². The van der Waals surface area contributed by atoms with Crippen molar-refractivity contribution in [2.24, 2.45) is 0 Å². The van der Waals surface area contributed by atoms with Crippen molar-refractivity contribution >= 4 is 5.97 Å². The van der Waals surface area contributed by atoms with Gasteiger partial charge in [-0.3, -0.25) is 0 Å².